The Balaban J connectivity index is 1.75. The third-order valence-electron chi connectivity index (χ3n) is 5.90. The maximum Gasteiger partial charge on any atom is 0.0593 e. The Bertz CT molecular complexity index is 615. The number of aliphatic hydroxyl groups excluding tert-OH is 1. The van der Waals surface area contributed by atoms with Crippen molar-refractivity contribution >= 4 is 0 Å². The van der Waals surface area contributed by atoms with Crippen molar-refractivity contribution < 1.29 is 5.11 Å². The number of hydrogen-bond acceptors (Lipinski definition) is 3. The molecule has 3 atom stereocenters. The zero-order valence-corrected chi connectivity index (χ0v) is 16.5. The molecular weight excluding hydrogens is 320 g/mol. The van der Waals surface area contributed by atoms with Gasteiger partial charge >= 0.3 is 0 Å². The summed E-state index contributed by atoms with van der Waals surface area (Å²) in [7, 11) is 0. The van der Waals surface area contributed by atoms with Crippen molar-refractivity contribution in [3.63, 3.8) is 0 Å². The highest BCUT2D eigenvalue weighted by atomic mass is 16.3. The van der Waals surface area contributed by atoms with E-state index in [1.165, 1.54) is 37.9 Å². The van der Waals surface area contributed by atoms with E-state index in [1.807, 2.05) is 0 Å². The van der Waals surface area contributed by atoms with Gasteiger partial charge < -0.3 is 10.0 Å². The van der Waals surface area contributed by atoms with Gasteiger partial charge in [-0.1, -0.05) is 37.8 Å². The van der Waals surface area contributed by atoms with Crippen molar-refractivity contribution in [1.82, 2.24) is 9.80 Å². The van der Waals surface area contributed by atoms with Gasteiger partial charge in [-0.25, -0.2) is 0 Å². The monoisotopic (exact) mass is 354 g/mol. The zero-order chi connectivity index (χ0) is 18.4. The van der Waals surface area contributed by atoms with Crippen molar-refractivity contribution in [3.05, 3.63) is 35.4 Å². The summed E-state index contributed by atoms with van der Waals surface area (Å²) in [4.78, 5) is 5.18. The standard InChI is InChI=1S/C23H34N2O/c1-3-5-6-9-19-10-12-20(13-11-19)23-21-17-24(14-4-2)15-7-8-16-25(21)22(23)18-26/h10-13,21-23,26H,3-5,7-8,14-18H2,1-2H3/t21-,22+,23-/m1/s1. The van der Waals surface area contributed by atoms with Crippen molar-refractivity contribution in [2.75, 3.05) is 32.8 Å². The maximum atomic E-state index is 10.0. The molecule has 0 radical (unpaired) electrons. The van der Waals surface area contributed by atoms with Crippen LogP contribution in [0.2, 0.25) is 0 Å². The highest BCUT2D eigenvalue weighted by Gasteiger charge is 2.48. The van der Waals surface area contributed by atoms with Crippen LogP contribution in [-0.2, 0) is 0 Å². The minimum Gasteiger partial charge on any atom is -0.395 e. The number of benzene rings is 1. The second kappa shape index (κ2) is 9.55. The van der Waals surface area contributed by atoms with Crippen LogP contribution < -0.4 is 0 Å². The van der Waals surface area contributed by atoms with E-state index < -0.39 is 0 Å². The number of aliphatic hydroxyl groups is 1. The number of nitrogens with zero attached hydrogens (tertiary/aromatic N) is 2. The molecule has 1 aromatic rings. The van der Waals surface area contributed by atoms with Gasteiger partial charge in [-0.05, 0) is 63.0 Å². The molecule has 2 aliphatic rings. The van der Waals surface area contributed by atoms with E-state index in [9.17, 15) is 5.11 Å². The van der Waals surface area contributed by atoms with Crippen LogP contribution in [0.15, 0.2) is 24.3 Å². The van der Waals surface area contributed by atoms with E-state index in [-0.39, 0.29) is 12.6 Å². The Kier molecular flexibility index (Phi) is 7.14. The summed E-state index contributed by atoms with van der Waals surface area (Å²) >= 11 is 0. The molecule has 26 heavy (non-hydrogen) atoms. The molecule has 142 valence electrons. The average Bonchev–Trinajstić information content (AvgIpc) is 2.64. The van der Waals surface area contributed by atoms with Crippen LogP contribution >= 0.6 is 0 Å². The van der Waals surface area contributed by atoms with Gasteiger partial charge in [0.1, 0.15) is 0 Å². The fourth-order valence-electron chi connectivity index (χ4n) is 4.61. The molecule has 0 saturated carbocycles. The molecule has 2 fully saturated rings. The number of rotatable bonds is 5. The van der Waals surface area contributed by atoms with Crippen molar-refractivity contribution in [1.29, 1.82) is 0 Å². The fourth-order valence-corrected chi connectivity index (χ4v) is 4.61. The van der Waals surface area contributed by atoms with Crippen LogP contribution in [0.3, 0.4) is 0 Å². The summed E-state index contributed by atoms with van der Waals surface area (Å²) in [5, 5.41) is 10.0. The van der Waals surface area contributed by atoms with Crippen LogP contribution in [0, 0.1) is 11.8 Å². The van der Waals surface area contributed by atoms with E-state index >= 15 is 0 Å². The molecule has 3 nitrogen and oxygen atoms in total. The van der Waals surface area contributed by atoms with E-state index in [0.29, 0.717) is 12.0 Å². The molecule has 3 rings (SSSR count). The Morgan fingerprint density at radius 1 is 1.08 bits per heavy atom. The van der Waals surface area contributed by atoms with Gasteiger partial charge in [0.2, 0.25) is 0 Å². The molecule has 0 amide bonds. The van der Waals surface area contributed by atoms with E-state index in [1.54, 1.807) is 0 Å². The first-order chi connectivity index (χ1) is 12.8. The smallest absolute Gasteiger partial charge is 0.0593 e. The molecule has 0 unspecified atom stereocenters. The molecule has 1 N–H and O–H groups in total. The molecule has 3 heteroatoms. The SMILES string of the molecule is CCCC#Cc1ccc([C@@H]2[C@H]3CN(CCC)CCCCN3[C@H]2CO)cc1. The lowest BCUT2D eigenvalue weighted by Crippen LogP contribution is -2.67. The van der Waals surface area contributed by atoms with E-state index in [0.717, 1.165) is 31.5 Å². The van der Waals surface area contributed by atoms with Gasteiger partial charge in [0, 0.05) is 36.5 Å². The minimum atomic E-state index is 0.257. The van der Waals surface area contributed by atoms with Gasteiger partial charge in [0.25, 0.3) is 0 Å². The predicted molar refractivity (Wildman–Crippen MR) is 108 cm³/mol. The highest BCUT2D eigenvalue weighted by molar-refractivity contribution is 5.39. The molecule has 0 aliphatic carbocycles. The van der Waals surface area contributed by atoms with Crippen LogP contribution in [0.25, 0.3) is 0 Å². The van der Waals surface area contributed by atoms with Crippen LogP contribution in [0.4, 0.5) is 0 Å². The number of hydrogen-bond donors (Lipinski definition) is 1. The van der Waals surface area contributed by atoms with Crippen molar-refractivity contribution in [2.24, 2.45) is 0 Å². The average molecular weight is 355 g/mol. The zero-order valence-electron chi connectivity index (χ0n) is 16.5. The van der Waals surface area contributed by atoms with Crippen molar-refractivity contribution in [2.45, 2.75) is 64.0 Å². The maximum absolute atomic E-state index is 10.0. The highest BCUT2D eigenvalue weighted by Crippen LogP contribution is 2.41. The molecule has 0 aromatic heterocycles. The molecule has 1 aromatic carbocycles. The number of unbranched alkanes of at least 4 members (excludes halogenated alkanes) is 1. The molecule has 2 saturated heterocycles. The van der Waals surface area contributed by atoms with Crippen molar-refractivity contribution in [3.8, 4) is 11.8 Å². The lowest BCUT2D eigenvalue weighted by Gasteiger charge is -2.57. The van der Waals surface area contributed by atoms with Crippen LogP contribution in [0.1, 0.15) is 63.0 Å². The van der Waals surface area contributed by atoms with Gasteiger partial charge in [-0.3, -0.25) is 4.90 Å². The quantitative estimate of drug-likeness (QED) is 0.820. The van der Waals surface area contributed by atoms with E-state index in [4.69, 9.17) is 0 Å². The van der Waals surface area contributed by atoms with Crippen LogP contribution in [0.5, 0.6) is 0 Å². The first-order valence-corrected chi connectivity index (χ1v) is 10.5. The van der Waals surface area contributed by atoms with E-state index in [2.05, 4.69) is 59.8 Å². The molecule has 0 spiro atoms. The predicted octanol–water partition coefficient (Wildman–Crippen LogP) is 3.47. The molecule has 2 aliphatic heterocycles. The normalized spacial score (nSPS) is 26.8. The summed E-state index contributed by atoms with van der Waals surface area (Å²) in [6.07, 6.45) is 5.80. The first kappa shape index (κ1) is 19.4. The molecule has 0 bridgehead atoms. The van der Waals surface area contributed by atoms with Gasteiger partial charge in [-0.2, -0.15) is 0 Å². The Morgan fingerprint density at radius 2 is 1.85 bits per heavy atom. The summed E-state index contributed by atoms with van der Waals surface area (Å²) in [5.41, 5.74) is 2.47. The fraction of sp³-hybridized carbons (Fsp3) is 0.652. The Labute approximate surface area is 159 Å². The second-order valence-corrected chi connectivity index (χ2v) is 7.76. The lowest BCUT2D eigenvalue weighted by atomic mass is 9.74. The summed E-state index contributed by atoms with van der Waals surface area (Å²) in [6.45, 7) is 9.36. The molecular formula is C23H34N2O. The summed E-state index contributed by atoms with van der Waals surface area (Å²) < 4.78 is 0. The third-order valence-corrected chi connectivity index (χ3v) is 5.90. The van der Waals surface area contributed by atoms with Gasteiger partial charge in [0.15, 0.2) is 0 Å². The van der Waals surface area contributed by atoms with Gasteiger partial charge in [0.05, 0.1) is 6.61 Å². The Morgan fingerprint density at radius 3 is 2.54 bits per heavy atom. The largest absolute Gasteiger partial charge is 0.395 e. The summed E-state index contributed by atoms with van der Waals surface area (Å²) in [5.74, 6) is 6.92. The third kappa shape index (κ3) is 4.31. The number of fused-ring (bicyclic) bond motifs is 1. The second-order valence-electron chi connectivity index (χ2n) is 7.76. The topological polar surface area (TPSA) is 26.7 Å². The van der Waals surface area contributed by atoms with Gasteiger partial charge in [-0.15, -0.1) is 0 Å². The summed E-state index contributed by atoms with van der Waals surface area (Å²) in [6, 6.07) is 9.60. The van der Waals surface area contributed by atoms with Crippen LogP contribution in [-0.4, -0.2) is 59.8 Å². The Hall–Kier alpha value is -1.34. The minimum absolute atomic E-state index is 0.257. The molecule has 2 heterocycles. The lowest BCUT2D eigenvalue weighted by molar-refractivity contribution is -0.0644. The first-order valence-electron chi connectivity index (χ1n) is 10.5.